The molecule has 0 radical (unpaired) electrons. The Morgan fingerprint density at radius 1 is 1.19 bits per heavy atom. The molecular formula is C16H13N5. The summed E-state index contributed by atoms with van der Waals surface area (Å²) in [4.78, 5) is 12.8. The number of rotatable bonds is 3. The number of nitrogens with one attached hydrogen (secondary N) is 1. The Morgan fingerprint density at radius 3 is 2.86 bits per heavy atom. The second-order valence-corrected chi connectivity index (χ2v) is 4.51. The van der Waals surface area contributed by atoms with E-state index in [9.17, 15) is 5.26 Å². The van der Waals surface area contributed by atoms with E-state index in [0.717, 1.165) is 28.8 Å². The van der Waals surface area contributed by atoms with Gasteiger partial charge in [-0.2, -0.15) is 5.26 Å². The van der Waals surface area contributed by atoms with Gasteiger partial charge in [-0.05, 0) is 19.1 Å². The van der Waals surface area contributed by atoms with Crippen LogP contribution in [0.25, 0.3) is 22.2 Å². The van der Waals surface area contributed by atoms with Crippen LogP contribution in [0.3, 0.4) is 0 Å². The van der Waals surface area contributed by atoms with E-state index in [-0.39, 0.29) is 0 Å². The first kappa shape index (κ1) is 13.0. The predicted octanol–water partition coefficient (Wildman–Crippen LogP) is 3.00. The van der Waals surface area contributed by atoms with Crippen molar-refractivity contribution in [1.29, 1.82) is 5.26 Å². The highest BCUT2D eigenvalue weighted by molar-refractivity contribution is 5.85. The molecule has 3 aromatic rings. The molecule has 0 bridgehead atoms. The summed E-state index contributed by atoms with van der Waals surface area (Å²) in [6.07, 6.45) is 1.49. The largest absolute Gasteiger partial charge is 0.370 e. The standard InChI is InChI=1S/C16H13N5/c1-2-18-16-8-14(19-10-20-16)12-7-11-5-3-4-6-13(11)21-15(12)9-17/h3-8,10H,2H2,1H3,(H,18,19,20). The molecule has 1 aromatic carbocycles. The lowest BCUT2D eigenvalue weighted by molar-refractivity contribution is 1.11. The molecule has 0 unspecified atom stereocenters. The van der Waals surface area contributed by atoms with Gasteiger partial charge >= 0.3 is 0 Å². The van der Waals surface area contributed by atoms with Gasteiger partial charge in [-0.25, -0.2) is 15.0 Å². The fourth-order valence-electron chi connectivity index (χ4n) is 2.18. The third kappa shape index (κ3) is 2.51. The first-order valence-electron chi connectivity index (χ1n) is 6.68. The zero-order chi connectivity index (χ0) is 14.7. The first-order chi connectivity index (χ1) is 10.3. The Kier molecular flexibility index (Phi) is 3.44. The van der Waals surface area contributed by atoms with Crippen molar-refractivity contribution in [2.45, 2.75) is 6.92 Å². The van der Waals surface area contributed by atoms with Gasteiger partial charge < -0.3 is 5.32 Å². The second-order valence-electron chi connectivity index (χ2n) is 4.51. The number of anilines is 1. The van der Waals surface area contributed by atoms with E-state index in [4.69, 9.17) is 0 Å². The van der Waals surface area contributed by atoms with Crippen molar-refractivity contribution < 1.29 is 0 Å². The molecular weight excluding hydrogens is 262 g/mol. The maximum absolute atomic E-state index is 9.34. The van der Waals surface area contributed by atoms with Crippen LogP contribution < -0.4 is 5.32 Å². The molecule has 3 rings (SSSR count). The van der Waals surface area contributed by atoms with E-state index >= 15 is 0 Å². The Labute approximate surface area is 122 Å². The number of hydrogen-bond acceptors (Lipinski definition) is 5. The molecule has 0 atom stereocenters. The van der Waals surface area contributed by atoms with Crippen molar-refractivity contribution in [3.05, 3.63) is 48.4 Å². The third-order valence-electron chi connectivity index (χ3n) is 3.13. The molecule has 1 N–H and O–H groups in total. The van der Waals surface area contributed by atoms with Gasteiger partial charge in [0.05, 0.1) is 11.2 Å². The number of aromatic nitrogens is 3. The summed E-state index contributed by atoms with van der Waals surface area (Å²) < 4.78 is 0. The van der Waals surface area contributed by atoms with Crippen molar-refractivity contribution >= 4 is 16.7 Å². The van der Waals surface area contributed by atoms with Gasteiger partial charge in [0.1, 0.15) is 18.2 Å². The van der Waals surface area contributed by atoms with Crippen molar-refractivity contribution in [2.75, 3.05) is 11.9 Å². The SMILES string of the molecule is CCNc1cc(-c2cc3ccccc3nc2C#N)ncn1. The summed E-state index contributed by atoms with van der Waals surface area (Å²) in [7, 11) is 0. The number of pyridine rings is 1. The van der Waals surface area contributed by atoms with Crippen LogP contribution in [-0.4, -0.2) is 21.5 Å². The van der Waals surface area contributed by atoms with Gasteiger partial charge in [0.2, 0.25) is 0 Å². The Morgan fingerprint density at radius 2 is 2.05 bits per heavy atom. The van der Waals surface area contributed by atoms with Crippen molar-refractivity contribution in [3.8, 4) is 17.3 Å². The Hall–Kier alpha value is -3.00. The van der Waals surface area contributed by atoms with E-state index in [0.29, 0.717) is 11.4 Å². The molecule has 0 amide bonds. The monoisotopic (exact) mass is 275 g/mol. The van der Waals surface area contributed by atoms with E-state index < -0.39 is 0 Å². The molecule has 2 heterocycles. The van der Waals surface area contributed by atoms with Gasteiger partial charge in [0, 0.05) is 23.6 Å². The van der Waals surface area contributed by atoms with E-state index in [1.165, 1.54) is 6.33 Å². The van der Waals surface area contributed by atoms with Crippen LogP contribution in [0.5, 0.6) is 0 Å². The van der Waals surface area contributed by atoms with Crippen molar-refractivity contribution in [1.82, 2.24) is 15.0 Å². The molecule has 21 heavy (non-hydrogen) atoms. The summed E-state index contributed by atoms with van der Waals surface area (Å²) in [6, 6.07) is 13.6. The molecule has 0 saturated carbocycles. The van der Waals surface area contributed by atoms with Gasteiger partial charge in [-0.3, -0.25) is 0 Å². The molecule has 0 aliphatic heterocycles. The predicted molar refractivity (Wildman–Crippen MR) is 81.6 cm³/mol. The van der Waals surface area contributed by atoms with Gasteiger partial charge in [-0.15, -0.1) is 0 Å². The molecule has 5 heteroatoms. The summed E-state index contributed by atoms with van der Waals surface area (Å²) in [5.74, 6) is 0.736. The van der Waals surface area contributed by atoms with Crippen molar-refractivity contribution in [3.63, 3.8) is 0 Å². The number of fused-ring (bicyclic) bond motifs is 1. The molecule has 0 aliphatic rings. The summed E-state index contributed by atoms with van der Waals surface area (Å²) in [6.45, 7) is 2.78. The first-order valence-corrected chi connectivity index (χ1v) is 6.68. The van der Waals surface area contributed by atoms with Crippen LogP contribution in [0.15, 0.2) is 42.7 Å². The molecule has 0 fully saturated rings. The Bertz CT molecular complexity index is 835. The smallest absolute Gasteiger partial charge is 0.150 e. The third-order valence-corrected chi connectivity index (χ3v) is 3.13. The summed E-state index contributed by atoms with van der Waals surface area (Å²) in [5.41, 5.74) is 2.59. The van der Waals surface area contributed by atoms with Crippen LogP contribution in [-0.2, 0) is 0 Å². The minimum Gasteiger partial charge on any atom is -0.370 e. The highest BCUT2D eigenvalue weighted by Crippen LogP contribution is 2.25. The quantitative estimate of drug-likeness (QED) is 0.795. The minimum absolute atomic E-state index is 0.370. The van der Waals surface area contributed by atoms with Crippen LogP contribution in [0.1, 0.15) is 12.6 Å². The number of benzene rings is 1. The molecule has 5 nitrogen and oxygen atoms in total. The zero-order valence-electron chi connectivity index (χ0n) is 11.5. The van der Waals surface area contributed by atoms with E-state index in [2.05, 4.69) is 26.3 Å². The Balaban J connectivity index is 2.19. The van der Waals surface area contributed by atoms with Crippen LogP contribution in [0, 0.1) is 11.3 Å². The topological polar surface area (TPSA) is 74.5 Å². The number of nitrogens with zero attached hydrogens (tertiary/aromatic N) is 4. The van der Waals surface area contributed by atoms with E-state index in [1.54, 1.807) is 0 Å². The number of para-hydroxylation sites is 1. The average molecular weight is 275 g/mol. The second kappa shape index (κ2) is 5.55. The molecule has 2 aromatic heterocycles. The molecule has 0 saturated heterocycles. The fourth-order valence-corrected chi connectivity index (χ4v) is 2.18. The lowest BCUT2D eigenvalue weighted by Crippen LogP contribution is -2.00. The summed E-state index contributed by atoms with van der Waals surface area (Å²) >= 11 is 0. The number of hydrogen-bond donors (Lipinski definition) is 1. The highest BCUT2D eigenvalue weighted by atomic mass is 15.0. The van der Waals surface area contributed by atoms with Crippen molar-refractivity contribution in [2.24, 2.45) is 0 Å². The lowest BCUT2D eigenvalue weighted by atomic mass is 10.1. The highest BCUT2D eigenvalue weighted by Gasteiger charge is 2.10. The van der Waals surface area contributed by atoms with Gasteiger partial charge in [0.25, 0.3) is 0 Å². The average Bonchev–Trinajstić information content (AvgIpc) is 2.54. The number of nitriles is 1. The summed E-state index contributed by atoms with van der Waals surface area (Å²) in [5, 5.41) is 13.5. The van der Waals surface area contributed by atoms with Crippen LogP contribution in [0.2, 0.25) is 0 Å². The van der Waals surface area contributed by atoms with Crippen LogP contribution in [0.4, 0.5) is 5.82 Å². The molecule has 0 spiro atoms. The van der Waals surface area contributed by atoms with E-state index in [1.807, 2.05) is 43.3 Å². The maximum Gasteiger partial charge on any atom is 0.150 e. The lowest BCUT2D eigenvalue weighted by Gasteiger charge is -2.07. The normalized spacial score (nSPS) is 10.3. The maximum atomic E-state index is 9.34. The van der Waals surface area contributed by atoms with Crippen LogP contribution >= 0.6 is 0 Å². The van der Waals surface area contributed by atoms with Gasteiger partial charge in [0.15, 0.2) is 5.69 Å². The minimum atomic E-state index is 0.370. The molecule has 102 valence electrons. The van der Waals surface area contributed by atoms with Gasteiger partial charge in [-0.1, -0.05) is 18.2 Å². The zero-order valence-corrected chi connectivity index (χ0v) is 11.5. The fraction of sp³-hybridized carbons (Fsp3) is 0.125. The molecule has 0 aliphatic carbocycles.